The second-order valence-corrected chi connectivity index (χ2v) is 4.14. The minimum absolute atomic E-state index is 0.572. The van der Waals surface area contributed by atoms with Crippen LogP contribution in [0, 0.1) is 16.7 Å². The fourth-order valence-corrected chi connectivity index (χ4v) is 1.98. The Morgan fingerprint density at radius 2 is 1.45 bits per heavy atom. The van der Waals surface area contributed by atoms with E-state index in [1.54, 1.807) is 0 Å². The summed E-state index contributed by atoms with van der Waals surface area (Å²) in [5.74, 6) is 0. The molecule has 1 spiro atoms. The van der Waals surface area contributed by atoms with Crippen molar-refractivity contribution < 1.29 is 5.11 Å². The van der Waals surface area contributed by atoms with Gasteiger partial charge in [-0.3, -0.25) is 0 Å². The van der Waals surface area contributed by atoms with Crippen LogP contribution in [0.2, 0.25) is 0 Å². The van der Waals surface area contributed by atoms with Crippen LogP contribution in [0.5, 0.6) is 0 Å². The van der Waals surface area contributed by atoms with Gasteiger partial charge < -0.3 is 5.11 Å². The van der Waals surface area contributed by atoms with Gasteiger partial charge in [0, 0.05) is 0 Å². The van der Waals surface area contributed by atoms with Gasteiger partial charge in [0.15, 0.2) is 5.60 Å². The van der Waals surface area contributed by atoms with Crippen molar-refractivity contribution in [3.63, 3.8) is 0 Å². The number of hydrogen-bond donors (Lipinski definition) is 1. The van der Waals surface area contributed by atoms with Crippen molar-refractivity contribution in [2.45, 2.75) is 44.1 Å². The molecular weight excluding hydrogens is 138 g/mol. The maximum absolute atomic E-state index is 9.58. The highest BCUT2D eigenvalue weighted by atomic mass is 16.3. The number of hydrogen-bond acceptors (Lipinski definition) is 2. The van der Waals surface area contributed by atoms with Gasteiger partial charge in [0.05, 0.1) is 6.07 Å². The van der Waals surface area contributed by atoms with Crippen LogP contribution < -0.4 is 0 Å². The van der Waals surface area contributed by atoms with E-state index < -0.39 is 5.60 Å². The van der Waals surface area contributed by atoms with Crippen LogP contribution in [0.15, 0.2) is 0 Å². The molecule has 0 aromatic rings. The molecule has 0 radical (unpaired) electrons. The van der Waals surface area contributed by atoms with Crippen molar-refractivity contribution in [3.8, 4) is 6.07 Å². The van der Waals surface area contributed by atoms with Crippen LogP contribution in [0.4, 0.5) is 0 Å². The topological polar surface area (TPSA) is 44.0 Å². The molecule has 0 saturated heterocycles. The molecule has 0 atom stereocenters. The highest BCUT2D eigenvalue weighted by molar-refractivity contribution is 5.08. The lowest BCUT2D eigenvalue weighted by Crippen LogP contribution is -2.32. The quantitative estimate of drug-likeness (QED) is 0.534. The molecule has 2 fully saturated rings. The zero-order valence-electron chi connectivity index (χ0n) is 6.64. The van der Waals surface area contributed by atoms with E-state index in [2.05, 4.69) is 0 Å². The number of nitrogens with zero attached hydrogens (tertiary/aromatic N) is 1. The lowest BCUT2D eigenvalue weighted by Gasteiger charge is -2.30. The van der Waals surface area contributed by atoms with Crippen molar-refractivity contribution >= 4 is 0 Å². The standard InChI is InChI=1S/C9H13NO/c10-7-9(11)5-3-8(1-2-8)4-6-9/h11H,1-6H2. The van der Waals surface area contributed by atoms with Crippen LogP contribution in [0.1, 0.15) is 38.5 Å². The van der Waals surface area contributed by atoms with Gasteiger partial charge >= 0.3 is 0 Å². The average Bonchev–Trinajstić information content (AvgIpc) is 2.78. The summed E-state index contributed by atoms with van der Waals surface area (Å²) in [6.45, 7) is 0. The minimum atomic E-state index is -0.978. The van der Waals surface area contributed by atoms with E-state index in [-0.39, 0.29) is 0 Å². The summed E-state index contributed by atoms with van der Waals surface area (Å²) < 4.78 is 0. The maximum atomic E-state index is 9.58. The summed E-state index contributed by atoms with van der Waals surface area (Å²) in [6, 6.07) is 2.00. The Bertz CT molecular complexity index is 202. The first kappa shape index (κ1) is 7.12. The van der Waals surface area contributed by atoms with Crippen LogP contribution in [0.25, 0.3) is 0 Å². The Morgan fingerprint density at radius 3 is 1.82 bits per heavy atom. The molecule has 0 bridgehead atoms. The molecule has 2 aliphatic rings. The fraction of sp³-hybridized carbons (Fsp3) is 0.889. The summed E-state index contributed by atoms with van der Waals surface area (Å²) in [5.41, 5.74) is -0.406. The molecule has 0 aliphatic heterocycles. The largest absolute Gasteiger partial charge is 0.375 e. The Morgan fingerprint density at radius 1 is 1.00 bits per heavy atom. The van der Waals surface area contributed by atoms with Gasteiger partial charge in [0.25, 0.3) is 0 Å². The molecule has 1 N–H and O–H groups in total. The molecule has 2 nitrogen and oxygen atoms in total. The highest BCUT2D eigenvalue weighted by Gasteiger charge is 2.48. The van der Waals surface area contributed by atoms with Gasteiger partial charge in [0.1, 0.15) is 0 Å². The molecule has 2 rings (SSSR count). The first-order chi connectivity index (χ1) is 5.18. The zero-order chi connectivity index (χ0) is 7.95. The predicted octanol–water partition coefficient (Wildman–Crippen LogP) is 1.60. The third kappa shape index (κ3) is 1.14. The van der Waals surface area contributed by atoms with E-state index in [9.17, 15) is 5.11 Å². The maximum Gasteiger partial charge on any atom is 0.151 e. The summed E-state index contributed by atoms with van der Waals surface area (Å²) in [4.78, 5) is 0. The van der Waals surface area contributed by atoms with Crippen molar-refractivity contribution in [2.75, 3.05) is 0 Å². The van der Waals surface area contributed by atoms with Crippen LogP contribution in [0.3, 0.4) is 0 Å². The number of nitriles is 1. The third-order valence-corrected chi connectivity index (χ3v) is 3.30. The molecule has 2 saturated carbocycles. The molecule has 0 amide bonds. The molecular formula is C9H13NO. The lowest BCUT2D eigenvalue weighted by molar-refractivity contribution is 0.0371. The molecule has 0 aromatic heterocycles. The van der Waals surface area contributed by atoms with Crippen molar-refractivity contribution in [1.29, 1.82) is 5.26 Å². The Hall–Kier alpha value is -0.550. The Balaban J connectivity index is 2.00. The predicted molar refractivity (Wildman–Crippen MR) is 40.7 cm³/mol. The second kappa shape index (κ2) is 1.98. The third-order valence-electron chi connectivity index (χ3n) is 3.30. The van der Waals surface area contributed by atoms with Crippen molar-refractivity contribution in [3.05, 3.63) is 0 Å². The summed E-state index contributed by atoms with van der Waals surface area (Å²) in [7, 11) is 0. The molecule has 0 unspecified atom stereocenters. The molecule has 11 heavy (non-hydrogen) atoms. The molecule has 0 heterocycles. The molecule has 2 aliphatic carbocycles. The SMILES string of the molecule is N#CC1(O)CCC2(CC1)CC2. The molecule has 60 valence electrons. The average molecular weight is 151 g/mol. The van der Waals surface area contributed by atoms with Crippen molar-refractivity contribution in [2.24, 2.45) is 5.41 Å². The van der Waals surface area contributed by atoms with Gasteiger partial charge in [-0.2, -0.15) is 5.26 Å². The van der Waals surface area contributed by atoms with Gasteiger partial charge in [0.2, 0.25) is 0 Å². The molecule has 2 heteroatoms. The fourth-order valence-electron chi connectivity index (χ4n) is 1.98. The summed E-state index contributed by atoms with van der Waals surface area (Å²) >= 11 is 0. The van der Waals surface area contributed by atoms with Gasteiger partial charge in [-0.1, -0.05) is 0 Å². The van der Waals surface area contributed by atoms with Gasteiger partial charge in [-0.05, 0) is 43.9 Å². The van der Waals surface area contributed by atoms with Gasteiger partial charge in [-0.25, -0.2) is 0 Å². The first-order valence-electron chi connectivity index (χ1n) is 4.32. The van der Waals surface area contributed by atoms with E-state index >= 15 is 0 Å². The van der Waals surface area contributed by atoms with E-state index in [0.717, 1.165) is 12.8 Å². The zero-order valence-corrected chi connectivity index (χ0v) is 6.64. The lowest BCUT2D eigenvalue weighted by atomic mass is 9.77. The van der Waals surface area contributed by atoms with Crippen LogP contribution >= 0.6 is 0 Å². The Kier molecular flexibility index (Phi) is 1.28. The van der Waals surface area contributed by atoms with Crippen molar-refractivity contribution in [1.82, 2.24) is 0 Å². The van der Waals surface area contributed by atoms with E-state index in [0.29, 0.717) is 18.3 Å². The minimum Gasteiger partial charge on any atom is -0.375 e. The van der Waals surface area contributed by atoms with E-state index in [1.165, 1.54) is 12.8 Å². The highest BCUT2D eigenvalue weighted by Crippen LogP contribution is 2.57. The number of rotatable bonds is 0. The van der Waals surface area contributed by atoms with E-state index in [1.807, 2.05) is 6.07 Å². The van der Waals surface area contributed by atoms with Gasteiger partial charge in [-0.15, -0.1) is 0 Å². The second-order valence-electron chi connectivity index (χ2n) is 4.14. The smallest absolute Gasteiger partial charge is 0.151 e. The summed E-state index contributed by atoms with van der Waals surface area (Å²) in [6.07, 6.45) is 6.18. The Labute approximate surface area is 66.8 Å². The normalized spacial score (nSPS) is 31.3. The molecule has 0 aromatic carbocycles. The van der Waals surface area contributed by atoms with Crippen LogP contribution in [-0.4, -0.2) is 10.7 Å². The summed E-state index contributed by atoms with van der Waals surface area (Å²) in [5, 5.41) is 18.2. The number of aliphatic hydroxyl groups is 1. The first-order valence-corrected chi connectivity index (χ1v) is 4.32. The van der Waals surface area contributed by atoms with E-state index in [4.69, 9.17) is 5.26 Å². The monoisotopic (exact) mass is 151 g/mol. The van der Waals surface area contributed by atoms with Crippen LogP contribution in [-0.2, 0) is 0 Å².